The standard InChI is InChI=1S/C14H18BrNO3/c1-14(3-2-4-19-14)8-16-7-10-5-11(15)13-12(6-10)17-9-18-13/h5-6,16H,2-4,7-9H2,1H3. The lowest BCUT2D eigenvalue weighted by molar-refractivity contribution is 0.0207. The second-order valence-corrected chi connectivity index (χ2v) is 6.17. The number of hydrogen-bond acceptors (Lipinski definition) is 4. The Kier molecular flexibility index (Phi) is 3.69. The van der Waals surface area contributed by atoms with Crippen molar-refractivity contribution in [1.82, 2.24) is 5.32 Å². The van der Waals surface area contributed by atoms with Gasteiger partial charge in [0.25, 0.3) is 0 Å². The molecule has 1 saturated heterocycles. The smallest absolute Gasteiger partial charge is 0.231 e. The molecule has 0 bridgehead atoms. The predicted molar refractivity (Wildman–Crippen MR) is 75.6 cm³/mol. The van der Waals surface area contributed by atoms with Gasteiger partial charge in [-0.2, -0.15) is 0 Å². The first-order valence-electron chi connectivity index (χ1n) is 6.59. The van der Waals surface area contributed by atoms with E-state index in [1.165, 1.54) is 5.56 Å². The van der Waals surface area contributed by atoms with Crippen LogP contribution in [0, 0.1) is 0 Å². The Morgan fingerprint density at radius 3 is 3.05 bits per heavy atom. The summed E-state index contributed by atoms with van der Waals surface area (Å²) in [6.45, 7) is 5.03. The lowest BCUT2D eigenvalue weighted by Crippen LogP contribution is -2.36. The maximum Gasteiger partial charge on any atom is 0.231 e. The molecule has 2 aliphatic rings. The first kappa shape index (κ1) is 13.2. The van der Waals surface area contributed by atoms with E-state index < -0.39 is 0 Å². The molecule has 0 spiro atoms. The molecule has 0 saturated carbocycles. The molecule has 1 unspecified atom stereocenters. The van der Waals surface area contributed by atoms with Gasteiger partial charge in [0.1, 0.15) is 0 Å². The molecule has 104 valence electrons. The van der Waals surface area contributed by atoms with Crippen LogP contribution in [-0.4, -0.2) is 25.5 Å². The van der Waals surface area contributed by atoms with Gasteiger partial charge in [-0.25, -0.2) is 0 Å². The zero-order valence-corrected chi connectivity index (χ0v) is 12.6. The van der Waals surface area contributed by atoms with Crippen molar-refractivity contribution >= 4 is 15.9 Å². The molecule has 0 aliphatic carbocycles. The molecule has 2 aliphatic heterocycles. The number of halogens is 1. The van der Waals surface area contributed by atoms with Crippen molar-refractivity contribution in [2.75, 3.05) is 19.9 Å². The molecule has 1 aromatic rings. The van der Waals surface area contributed by atoms with Crippen molar-refractivity contribution in [1.29, 1.82) is 0 Å². The summed E-state index contributed by atoms with van der Waals surface area (Å²) in [4.78, 5) is 0. The Bertz CT molecular complexity index is 472. The quantitative estimate of drug-likeness (QED) is 0.923. The maximum absolute atomic E-state index is 5.76. The average molecular weight is 328 g/mol. The summed E-state index contributed by atoms with van der Waals surface area (Å²) >= 11 is 3.51. The molecule has 5 heteroatoms. The summed E-state index contributed by atoms with van der Waals surface area (Å²) in [5.41, 5.74) is 1.17. The first-order valence-corrected chi connectivity index (χ1v) is 7.38. The molecule has 4 nitrogen and oxygen atoms in total. The number of rotatable bonds is 4. The fourth-order valence-corrected chi connectivity index (χ4v) is 3.17. The van der Waals surface area contributed by atoms with Crippen LogP contribution in [0.2, 0.25) is 0 Å². The van der Waals surface area contributed by atoms with Crippen LogP contribution in [0.15, 0.2) is 16.6 Å². The third kappa shape index (κ3) is 2.88. The average Bonchev–Trinajstić information content (AvgIpc) is 2.98. The molecule has 1 atom stereocenters. The Balaban J connectivity index is 1.60. The largest absolute Gasteiger partial charge is 0.454 e. The van der Waals surface area contributed by atoms with Crippen LogP contribution in [0.5, 0.6) is 11.5 Å². The second-order valence-electron chi connectivity index (χ2n) is 5.32. The summed E-state index contributed by atoms with van der Waals surface area (Å²) in [6, 6.07) is 4.09. The van der Waals surface area contributed by atoms with E-state index in [2.05, 4.69) is 34.2 Å². The van der Waals surface area contributed by atoms with Crippen molar-refractivity contribution in [3.63, 3.8) is 0 Å². The molecule has 2 heterocycles. The molecule has 19 heavy (non-hydrogen) atoms. The van der Waals surface area contributed by atoms with E-state index in [4.69, 9.17) is 14.2 Å². The molecule has 3 rings (SSSR count). The van der Waals surface area contributed by atoms with Gasteiger partial charge in [-0.05, 0) is 53.4 Å². The molecule has 1 N–H and O–H groups in total. The summed E-state index contributed by atoms with van der Waals surface area (Å²) < 4.78 is 17.5. The van der Waals surface area contributed by atoms with E-state index in [0.29, 0.717) is 6.79 Å². The van der Waals surface area contributed by atoms with Crippen LogP contribution in [0.25, 0.3) is 0 Å². The summed E-state index contributed by atoms with van der Waals surface area (Å²) in [5.74, 6) is 1.62. The van der Waals surface area contributed by atoms with Gasteiger partial charge < -0.3 is 19.5 Å². The van der Waals surface area contributed by atoms with E-state index in [1.807, 2.05) is 6.07 Å². The lowest BCUT2D eigenvalue weighted by Gasteiger charge is -2.23. The van der Waals surface area contributed by atoms with Crippen LogP contribution in [-0.2, 0) is 11.3 Å². The van der Waals surface area contributed by atoms with E-state index in [9.17, 15) is 0 Å². The third-order valence-electron chi connectivity index (χ3n) is 3.62. The molecular weight excluding hydrogens is 310 g/mol. The number of benzene rings is 1. The highest BCUT2D eigenvalue weighted by Crippen LogP contribution is 2.39. The highest BCUT2D eigenvalue weighted by atomic mass is 79.9. The molecule has 0 aromatic heterocycles. The highest BCUT2D eigenvalue weighted by Gasteiger charge is 2.29. The monoisotopic (exact) mass is 327 g/mol. The molecule has 1 fully saturated rings. The van der Waals surface area contributed by atoms with Gasteiger partial charge >= 0.3 is 0 Å². The van der Waals surface area contributed by atoms with Crippen molar-refractivity contribution in [3.05, 3.63) is 22.2 Å². The Hall–Kier alpha value is -0.780. The van der Waals surface area contributed by atoms with Crippen LogP contribution >= 0.6 is 15.9 Å². The highest BCUT2D eigenvalue weighted by molar-refractivity contribution is 9.10. The minimum Gasteiger partial charge on any atom is -0.454 e. The SMILES string of the molecule is CC1(CNCc2cc(Br)c3c(c2)OCO3)CCCO1. The number of ether oxygens (including phenoxy) is 3. The van der Waals surface area contributed by atoms with E-state index >= 15 is 0 Å². The van der Waals surface area contributed by atoms with E-state index in [-0.39, 0.29) is 5.60 Å². The number of nitrogens with one attached hydrogen (secondary N) is 1. The maximum atomic E-state index is 5.76. The molecule has 1 aromatic carbocycles. The van der Waals surface area contributed by atoms with E-state index in [0.717, 1.165) is 48.5 Å². The zero-order chi connectivity index (χ0) is 13.3. The zero-order valence-electron chi connectivity index (χ0n) is 11.0. The van der Waals surface area contributed by atoms with Gasteiger partial charge in [-0.1, -0.05) is 0 Å². The van der Waals surface area contributed by atoms with Crippen molar-refractivity contribution in [3.8, 4) is 11.5 Å². The molecule has 0 amide bonds. The fourth-order valence-electron chi connectivity index (χ4n) is 2.57. The van der Waals surface area contributed by atoms with Gasteiger partial charge in [0.15, 0.2) is 11.5 Å². The fraction of sp³-hybridized carbons (Fsp3) is 0.571. The van der Waals surface area contributed by atoms with Crippen LogP contribution in [0.4, 0.5) is 0 Å². The molecule has 0 radical (unpaired) electrons. The van der Waals surface area contributed by atoms with Gasteiger partial charge in [0.05, 0.1) is 10.1 Å². The Labute approximate surface area is 121 Å². The topological polar surface area (TPSA) is 39.7 Å². The van der Waals surface area contributed by atoms with Gasteiger partial charge in [0.2, 0.25) is 6.79 Å². The minimum atomic E-state index is -0.00638. The Morgan fingerprint density at radius 2 is 2.26 bits per heavy atom. The van der Waals surface area contributed by atoms with E-state index in [1.54, 1.807) is 0 Å². The van der Waals surface area contributed by atoms with Crippen molar-refractivity contribution in [2.45, 2.75) is 31.9 Å². The van der Waals surface area contributed by atoms with Gasteiger partial charge in [-0.3, -0.25) is 0 Å². The van der Waals surface area contributed by atoms with Crippen LogP contribution in [0.1, 0.15) is 25.3 Å². The summed E-state index contributed by atoms with van der Waals surface area (Å²) in [5, 5.41) is 3.46. The van der Waals surface area contributed by atoms with Crippen LogP contribution < -0.4 is 14.8 Å². The van der Waals surface area contributed by atoms with Crippen molar-refractivity contribution < 1.29 is 14.2 Å². The van der Waals surface area contributed by atoms with Crippen molar-refractivity contribution in [2.24, 2.45) is 0 Å². The number of fused-ring (bicyclic) bond motifs is 1. The third-order valence-corrected chi connectivity index (χ3v) is 4.20. The first-order chi connectivity index (χ1) is 9.16. The Morgan fingerprint density at radius 1 is 1.37 bits per heavy atom. The summed E-state index contributed by atoms with van der Waals surface area (Å²) in [7, 11) is 0. The van der Waals surface area contributed by atoms with Gasteiger partial charge in [0, 0.05) is 19.7 Å². The normalized spacial score (nSPS) is 24.9. The van der Waals surface area contributed by atoms with Gasteiger partial charge in [-0.15, -0.1) is 0 Å². The minimum absolute atomic E-state index is 0.00638. The summed E-state index contributed by atoms with van der Waals surface area (Å²) in [6.07, 6.45) is 2.29. The second kappa shape index (κ2) is 5.31. The molecular formula is C14H18BrNO3. The number of hydrogen-bond donors (Lipinski definition) is 1. The predicted octanol–water partition coefficient (Wildman–Crippen LogP) is 2.84. The van der Waals surface area contributed by atoms with Crippen LogP contribution in [0.3, 0.4) is 0 Å². The lowest BCUT2D eigenvalue weighted by atomic mass is 10.0.